The monoisotopic (exact) mass is 273 g/mol. The summed E-state index contributed by atoms with van der Waals surface area (Å²) in [6, 6.07) is 7.49. The van der Waals surface area contributed by atoms with Gasteiger partial charge in [-0.05, 0) is 60.4 Å². The molecule has 4 heteroatoms. The molecule has 0 aromatic heterocycles. The van der Waals surface area contributed by atoms with Gasteiger partial charge in [-0.25, -0.2) is 8.78 Å². The third-order valence-corrected chi connectivity index (χ3v) is 3.18. The lowest BCUT2D eigenvalue weighted by Gasteiger charge is -2.13. The molecule has 0 N–H and O–H groups in total. The maximum atomic E-state index is 13.7. The van der Waals surface area contributed by atoms with E-state index in [0.717, 1.165) is 16.7 Å². The summed E-state index contributed by atoms with van der Waals surface area (Å²) in [6.45, 7) is 3.69. The number of nitriles is 1. The van der Waals surface area contributed by atoms with Gasteiger partial charge in [0.15, 0.2) is 0 Å². The summed E-state index contributed by atoms with van der Waals surface area (Å²) in [5.41, 5.74) is 2.30. The van der Waals surface area contributed by atoms with Gasteiger partial charge in [-0.1, -0.05) is 0 Å². The van der Waals surface area contributed by atoms with Crippen molar-refractivity contribution in [1.82, 2.24) is 0 Å². The highest BCUT2D eigenvalue weighted by Crippen LogP contribution is 2.32. The molecule has 0 bridgehead atoms. The maximum Gasteiger partial charge on any atom is 0.144 e. The van der Waals surface area contributed by atoms with E-state index < -0.39 is 17.2 Å². The van der Waals surface area contributed by atoms with E-state index in [1.807, 2.05) is 13.8 Å². The normalized spacial score (nSPS) is 10.2. The smallest absolute Gasteiger partial charge is 0.144 e. The molecule has 0 unspecified atom stereocenters. The predicted molar refractivity (Wildman–Crippen MR) is 72.5 cm³/mol. The minimum absolute atomic E-state index is 0.414. The van der Waals surface area contributed by atoms with E-state index in [1.54, 1.807) is 19.2 Å². The molecule has 2 nitrogen and oxygen atoms in total. The number of hydrogen-bond donors (Lipinski definition) is 0. The summed E-state index contributed by atoms with van der Waals surface area (Å²) in [5, 5.41) is 8.69. The van der Waals surface area contributed by atoms with Crippen LogP contribution in [0.3, 0.4) is 0 Å². The van der Waals surface area contributed by atoms with Gasteiger partial charge in [-0.2, -0.15) is 5.26 Å². The maximum absolute atomic E-state index is 13.7. The molecule has 0 aliphatic carbocycles. The first-order valence-electron chi connectivity index (χ1n) is 6.02. The molecule has 0 atom stereocenters. The van der Waals surface area contributed by atoms with Crippen molar-refractivity contribution in [2.24, 2.45) is 0 Å². The molecule has 0 saturated heterocycles. The van der Waals surface area contributed by atoms with E-state index in [9.17, 15) is 8.78 Å². The van der Waals surface area contributed by atoms with Crippen LogP contribution < -0.4 is 4.74 Å². The van der Waals surface area contributed by atoms with Crippen LogP contribution in [0.2, 0.25) is 0 Å². The van der Waals surface area contributed by atoms with Crippen LogP contribution in [0.15, 0.2) is 24.3 Å². The lowest BCUT2D eigenvalue weighted by molar-refractivity contribution is 0.414. The van der Waals surface area contributed by atoms with Crippen LogP contribution in [-0.2, 0) is 0 Å². The van der Waals surface area contributed by atoms with E-state index in [0.29, 0.717) is 11.3 Å². The largest absolute Gasteiger partial charge is 0.497 e. The van der Waals surface area contributed by atoms with Crippen LogP contribution in [0.25, 0.3) is 11.1 Å². The molecule has 2 rings (SSSR count). The van der Waals surface area contributed by atoms with E-state index in [4.69, 9.17) is 10.00 Å². The topological polar surface area (TPSA) is 33.0 Å². The fraction of sp³-hybridized carbons (Fsp3) is 0.188. The number of hydrogen-bond acceptors (Lipinski definition) is 2. The van der Waals surface area contributed by atoms with Gasteiger partial charge in [0.05, 0.1) is 7.11 Å². The summed E-state index contributed by atoms with van der Waals surface area (Å²) in [6.07, 6.45) is 0. The van der Waals surface area contributed by atoms with E-state index in [1.165, 1.54) is 18.2 Å². The van der Waals surface area contributed by atoms with Crippen molar-refractivity contribution in [3.8, 4) is 22.9 Å². The Hall–Kier alpha value is -2.41. The van der Waals surface area contributed by atoms with Crippen LogP contribution in [0, 0.1) is 36.8 Å². The lowest BCUT2D eigenvalue weighted by atomic mass is 9.94. The quantitative estimate of drug-likeness (QED) is 0.824. The van der Waals surface area contributed by atoms with Crippen molar-refractivity contribution in [1.29, 1.82) is 5.26 Å². The number of methoxy groups -OCH3 is 1. The molecule has 0 fully saturated rings. The Morgan fingerprint density at radius 3 is 1.90 bits per heavy atom. The van der Waals surface area contributed by atoms with Gasteiger partial charge < -0.3 is 4.74 Å². The molecule has 102 valence electrons. The van der Waals surface area contributed by atoms with Crippen molar-refractivity contribution in [3.63, 3.8) is 0 Å². The van der Waals surface area contributed by atoms with Crippen molar-refractivity contribution in [2.45, 2.75) is 13.8 Å². The highest BCUT2D eigenvalue weighted by Gasteiger charge is 2.15. The van der Waals surface area contributed by atoms with Crippen LogP contribution in [0.1, 0.15) is 16.7 Å². The number of benzene rings is 2. The van der Waals surface area contributed by atoms with Crippen molar-refractivity contribution < 1.29 is 13.5 Å². The molecule has 0 aliphatic rings. The lowest BCUT2D eigenvalue weighted by Crippen LogP contribution is -1.96. The molecule has 2 aromatic carbocycles. The number of rotatable bonds is 2. The summed E-state index contributed by atoms with van der Waals surface area (Å²) in [5.74, 6) is -1.01. The fourth-order valence-electron chi connectivity index (χ4n) is 2.32. The number of ether oxygens (including phenoxy) is 1. The Balaban J connectivity index is 2.67. The third-order valence-electron chi connectivity index (χ3n) is 3.18. The Bertz CT molecular complexity index is 671. The van der Waals surface area contributed by atoms with Crippen LogP contribution in [0.5, 0.6) is 5.75 Å². The summed E-state index contributed by atoms with van der Waals surface area (Å²) in [4.78, 5) is 0. The van der Waals surface area contributed by atoms with Crippen LogP contribution in [-0.4, -0.2) is 7.11 Å². The average Bonchev–Trinajstić information content (AvgIpc) is 2.37. The Morgan fingerprint density at radius 1 is 1.00 bits per heavy atom. The van der Waals surface area contributed by atoms with E-state index in [-0.39, 0.29) is 0 Å². The Morgan fingerprint density at radius 2 is 1.50 bits per heavy atom. The zero-order valence-corrected chi connectivity index (χ0v) is 11.4. The third kappa shape index (κ3) is 2.35. The van der Waals surface area contributed by atoms with Crippen molar-refractivity contribution in [2.75, 3.05) is 7.11 Å². The molecule has 0 aliphatic heterocycles. The second kappa shape index (κ2) is 5.30. The van der Waals surface area contributed by atoms with Gasteiger partial charge in [0.2, 0.25) is 0 Å². The first-order chi connectivity index (χ1) is 9.47. The first kappa shape index (κ1) is 14.0. The molecule has 0 heterocycles. The molecule has 0 spiro atoms. The zero-order chi connectivity index (χ0) is 14.9. The average molecular weight is 273 g/mol. The number of aryl methyl sites for hydroxylation is 2. The number of halogens is 2. The molecule has 0 saturated carbocycles. The van der Waals surface area contributed by atoms with Gasteiger partial charge in [-0.15, -0.1) is 0 Å². The highest BCUT2D eigenvalue weighted by atomic mass is 19.1. The summed E-state index contributed by atoms with van der Waals surface area (Å²) < 4.78 is 32.6. The molecule has 20 heavy (non-hydrogen) atoms. The second-order valence-electron chi connectivity index (χ2n) is 4.56. The predicted octanol–water partition coefficient (Wildman–Crippen LogP) is 4.13. The van der Waals surface area contributed by atoms with Gasteiger partial charge in [0, 0.05) is 0 Å². The van der Waals surface area contributed by atoms with Crippen LogP contribution in [0.4, 0.5) is 8.78 Å². The molecule has 0 amide bonds. The van der Waals surface area contributed by atoms with Gasteiger partial charge in [-0.3, -0.25) is 0 Å². The minimum atomic E-state index is -0.850. The minimum Gasteiger partial charge on any atom is -0.497 e. The first-order valence-corrected chi connectivity index (χ1v) is 6.02. The van der Waals surface area contributed by atoms with Gasteiger partial charge in [0.25, 0.3) is 0 Å². The Kier molecular flexibility index (Phi) is 3.71. The number of nitrogens with zero attached hydrogens (tertiary/aromatic N) is 1. The summed E-state index contributed by atoms with van der Waals surface area (Å²) in [7, 11) is 1.56. The zero-order valence-electron chi connectivity index (χ0n) is 11.4. The van der Waals surface area contributed by atoms with E-state index in [2.05, 4.69) is 0 Å². The molecule has 0 radical (unpaired) electrons. The van der Waals surface area contributed by atoms with Crippen molar-refractivity contribution >= 4 is 0 Å². The van der Waals surface area contributed by atoms with E-state index >= 15 is 0 Å². The standard InChI is InChI=1S/C16H13F2NO/c1-9-4-12(20-3)5-10(2)16(9)11-6-14(17)13(8-19)15(18)7-11/h4-7H,1-3H3. The summed E-state index contributed by atoms with van der Waals surface area (Å²) >= 11 is 0. The Labute approximate surface area is 116 Å². The SMILES string of the molecule is COc1cc(C)c(-c2cc(F)c(C#N)c(F)c2)c(C)c1. The van der Waals surface area contributed by atoms with Crippen molar-refractivity contribution in [3.05, 3.63) is 52.6 Å². The van der Waals surface area contributed by atoms with Crippen LogP contribution >= 0.6 is 0 Å². The second-order valence-corrected chi connectivity index (χ2v) is 4.56. The molecular weight excluding hydrogens is 260 g/mol. The fourth-order valence-corrected chi connectivity index (χ4v) is 2.32. The van der Waals surface area contributed by atoms with Gasteiger partial charge >= 0.3 is 0 Å². The molecular formula is C16H13F2NO. The van der Waals surface area contributed by atoms with Gasteiger partial charge in [0.1, 0.15) is 29.0 Å². The highest BCUT2D eigenvalue weighted by molar-refractivity contribution is 5.72. The molecule has 2 aromatic rings.